The van der Waals surface area contributed by atoms with E-state index in [9.17, 15) is 4.79 Å². The first kappa shape index (κ1) is 11.1. The molecule has 1 aliphatic rings. The summed E-state index contributed by atoms with van der Waals surface area (Å²) < 4.78 is 4.80. The van der Waals surface area contributed by atoms with E-state index in [1.165, 1.54) is 7.11 Å². The molecule has 0 saturated heterocycles. The molecule has 0 heterocycles. The molecule has 16 heavy (non-hydrogen) atoms. The molecule has 2 rings (SSSR count). The van der Waals surface area contributed by atoms with Gasteiger partial charge in [0.2, 0.25) is 0 Å². The van der Waals surface area contributed by atoms with E-state index in [4.69, 9.17) is 10.5 Å². The summed E-state index contributed by atoms with van der Waals surface area (Å²) in [5, 5.41) is 0. The lowest BCUT2D eigenvalue weighted by Crippen LogP contribution is -2.33. The van der Waals surface area contributed by atoms with Crippen LogP contribution in [0.3, 0.4) is 0 Å². The minimum Gasteiger partial charge on any atom is -0.465 e. The van der Waals surface area contributed by atoms with Crippen molar-refractivity contribution in [2.45, 2.75) is 31.2 Å². The van der Waals surface area contributed by atoms with Crippen molar-refractivity contribution in [1.82, 2.24) is 0 Å². The van der Waals surface area contributed by atoms with Gasteiger partial charge in [-0.1, -0.05) is 18.2 Å². The number of methoxy groups -OCH3 is 1. The number of hydrogen-bond donors (Lipinski definition) is 1. The average molecular weight is 219 g/mol. The minimum absolute atomic E-state index is 0.00914. The maximum atomic E-state index is 11.7. The van der Waals surface area contributed by atoms with Crippen molar-refractivity contribution in [1.29, 1.82) is 0 Å². The van der Waals surface area contributed by atoms with Gasteiger partial charge in [-0.15, -0.1) is 0 Å². The fourth-order valence-electron chi connectivity index (χ4n) is 2.31. The summed E-state index contributed by atoms with van der Waals surface area (Å²) >= 11 is 0. The highest BCUT2D eigenvalue weighted by Gasteiger charge is 2.49. The molecule has 86 valence electrons. The van der Waals surface area contributed by atoms with Crippen molar-refractivity contribution in [3.63, 3.8) is 0 Å². The molecule has 3 heteroatoms. The van der Waals surface area contributed by atoms with E-state index < -0.39 is 0 Å². The van der Waals surface area contributed by atoms with Crippen LogP contribution >= 0.6 is 0 Å². The van der Waals surface area contributed by atoms with E-state index in [-0.39, 0.29) is 17.4 Å². The van der Waals surface area contributed by atoms with Crippen LogP contribution in [0.1, 0.15) is 35.7 Å². The summed E-state index contributed by atoms with van der Waals surface area (Å²) in [6, 6.07) is 7.67. The van der Waals surface area contributed by atoms with Gasteiger partial charge in [0.25, 0.3) is 0 Å². The van der Waals surface area contributed by atoms with Crippen molar-refractivity contribution < 1.29 is 9.53 Å². The highest BCUT2D eigenvalue weighted by atomic mass is 16.5. The van der Waals surface area contributed by atoms with E-state index in [0.717, 1.165) is 18.4 Å². The van der Waals surface area contributed by atoms with E-state index in [0.29, 0.717) is 5.56 Å². The highest BCUT2D eigenvalue weighted by molar-refractivity contribution is 5.91. The Morgan fingerprint density at radius 3 is 2.56 bits per heavy atom. The summed E-state index contributed by atoms with van der Waals surface area (Å²) in [7, 11) is 1.41. The van der Waals surface area contributed by atoms with Gasteiger partial charge >= 0.3 is 5.97 Å². The predicted molar refractivity (Wildman–Crippen MR) is 62.3 cm³/mol. The molecule has 1 aromatic rings. The molecule has 1 fully saturated rings. The Bertz CT molecular complexity index is 408. The SMILES string of the molecule is COC(=O)c1ccccc1C1(C(C)N)CC1. The van der Waals surface area contributed by atoms with Gasteiger partial charge in [0.15, 0.2) is 0 Å². The van der Waals surface area contributed by atoms with Crippen LogP contribution in [-0.2, 0) is 10.2 Å². The molecule has 0 spiro atoms. The first-order chi connectivity index (χ1) is 7.62. The van der Waals surface area contributed by atoms with Crippen LogP contribution in [0.25, 0.3) is 0 Å². The van der Waals surface area contributed by atoms with Crippen LogP contribution in [0.5, 0.6) is 0 Å². The lowest BCUT2D eigenvalue weighted by Gasteiger charge is -2.22. The van der Waals surface area contributed by atoms with E-state index in [1.807, 2.05) is 31.2 Å². The number of hydrogen-bond acceptors (Lipinski definition) is 3. The molecule has 1 aromatic carbocycles. The largest absolute Gasteiger partial charge is 0.465 e. The van der Waals surface area contributed by atoms with Crippen molar-refractivity contribution in [2.75, 3.05) is 7.11 Å². The summed E-state index contributed by atoms with van der Waals surface area (Å²) in [5.74, 6) is -0.275. The molecule has 2 N–H and O–H groups in total. The van der Waals surface area contributed by atoms with Gasteiger partial charge in [0.05, 0.1) is 12.7 Å². The second kappa shape index (κ2) is 3.91. The summed E-state index contributed by atoms with van der Waals surface area (Å²) in [6.45, 7) is 2.00. The van der Waals surface area contributed by atoms with E-state index >= 15 is 0 Å². The molecule has 1 unspecified atom stereocenters. The van der Waals surface area contributed by atoms with Crippen LogP contribution in [0, 0.1) is 0 Å². The van der Waals surface area contributed by atoms with Gasteiger partial charge in [-0.3, -0.25) is 0 Å². The average Bonchev–Trinajstić information content (AvgIpc) is 3.09. The number of ether oxygens (including phenoxy) is 1. The molecule has 1 atom stereocenters. The number of carbonyl (C=O) groups excluding carboxylic acids is 1. The first-order valence-electron chi connectivity index (χ1n) is 5.55. The van der Waals surface area contributed by atoms with Gasteiger partial charge in [0.1, 0.15) is 0 Å². The topological polar surface area (TPSA) is 52.3 Å². The molecule has 1 saturated carbocycles. The Morgan fingerprint density at radius 1 is 1.44 bits per heavy atom. The van der Waals surface area contributed by atoms with Crippen molar-refractivity contribution in [3.8, 4) is 0 Å². The molecular weight excluding hydrogens is 202 g/mol. The Kier molecular flexibility index (Phi) is 2.72. The quantitative estimate of drug-likeness (QED) is 0.789. The number of carbonyl (C=O) groups is 1. The normalized spacial score (nSPS) is 18.9. The summed E-state index contributed by atoms with van der Waals surface area (Å²) in [5.41, 5.74) is 7.71. The number of rotatable bonds is 3. The minimum atomic E-state index is -0.275. The second-order valence-corrected chi connectivity index (χ2v) is 4.48. The molecule has 0 amide bonds. The number of nitrogens with two attached hydrogens (primary N) is 1. The highest BCUT2D eigenvalue weighted by Crippen LogP contribution is 2.51. The van der Waals surface area contributed by atoms with E-state index in [1.54, 1.807) is 0 Å². The molecule has 0 aromatic heterocycles. The smallest absolute Gasteiger partial charge is 0.338 e. The standard InChI is InChI=1S/C13H17NO2/c1-9(14)13(7-8-13)11-6-4-3-5-10(11)12(15)16-2/h3-6,9H,7-8,14H2,1-2H3. The van der Waals surface area contributed by atoms with E-state index in [2.05, 4.69) is 0 Å². The number of esters is 1. The van der Waals surface area contributed by atoms with Gasteiger partial charge in [0, 0.05) is 11.5 Å². The zero-order chi connectivity index (χ0) is 11.8. The zero-order valence-electron chi connectivity index (χ0n) is 9.69. The van der Waals surface area contributed by atoms with Gasteiger partial charge in [-0.2, -0.15) is 0 Å². The van der Waals surface area contributed by atoms with Gasteiger partial charge in [-0.25, -0.2) is 4.79 Å². The van der Waals surface area contributed by atoms with Crippen molar-refractivity contribution in [2.24, 2.45) is 5.73 Å². The fraction of sp³-hybridized carbons (Fsp3) is 0.462. The third-order valence-electron chi connectivity index (χ3n) is 3.53. The molecule has 0 radical (unpaired) electrons. The van der Waals surface area contributed by atoms with Crippen LogP contribution in [0.2, 0.25) is 0 Å². The predicted octanol–water partition coefficient (Wildman–Crippen LogP) is 1.85. The Balaban J connectivity index is 2.45. The maximum absolute atomic E-state index is 11.7. The maximum Gasteiger partial charge on any atom is 0.338 e. The fourth-order valence-corrected chi connectivity index (χ4v) is 2.31. The second-order valence-electron chi connectivity index (χ2n) is 4.48. The van der Waals surface area contributed by atoms with Gasteiger partial charge in [-0.05, 0) is 31.4 Å². The van der Waals surface area contributed by atoms with Crippen LogP contribution in [0.15, 0.2) is 24.3 Å². The van der Waals surface area contributed by atoms with Crippen LogP contribution < -0.4 is 5.73 Å². The van der Waals surface area contributed by atoms with Crippen molar-refractivity contribution >= 4 is 5.97 Å². The monoisotopic (exact) mass is 219 g/mol. The Morgan fingerprint density at radius 2 is 2.06 bits per heavy atom. The number of benzene rings is 1. The van der Waals surface area contributed by atoms with Crippen molar-refractivity contribution in [3.05, 3.63) is 35.4 Å². The molecule has 0 aliphatic heterocycles. The third-order valence-corrected chi connectivity index (χ3v) is 3.53. The summed E-state index contributed by atoms with van der Waals surface area (Å²) in [4.78, 5) is 11.7. The molecule has 0 bridgehead atoms. The molecule has 3 nitrogen and oxygen atoms in total. The first-order valence-corrected chi connectivity index (χ1v) is 5.55. The lowest BCUT2D eigenvalue weighted by molar-refractivity contribution is 0.0598. The zero-order valence-corrected chi connectivity index (χ0v) is 9.69. The Labute approximate surface area is 95.6 Å². The third kappa shape index (κ3) is 1.61. The molecular formula is C13H17NO2. The Hall–Kier alpha value is -1.35. The van der Waals surface area contributed by atoms with Gasteiger partial charge < -0.3 is 10.5 Å². The molecule has 1 aliphatic carbocycles. The summed E-state index contributed by atoms with van der Waals surface area (Å²) in [6.07, 6.45) is 2.11. The van der Waals surface area contributed by atoms with Crippen LogP contribution in [0.4, 0.5) is 0 Å². The lowest BCUT2D eigenvalue weighted by atomic mass is 9.86. The van der Waals surface area contributed by atoms with Crippen LogP contribution in [-0.4, -0.2) is 19.1 Å².